The quantitative estimate of drug-likeness (QED) is 0.853. The van der Waals surface area contributed by atoms with Gasteiger partial charge in [-0.05, 0) is 36.4 Å². The lowest BCUT2D eigenvalue weighted by molar-refractivity contribution is 0.557. The van der Waals surface area contributed by atoms with Crippen LogP contribution in [0.4, 0.5) is 10.1 Å². The molecule has 0 saturated heterocycles. The number of pyridine rings is 1. The van der Waals surface area contributed by atoms with E-state index in [4.69, 9.17) is 5.14 Å². The second-order valence-corrected chi connectivity index (χ2v) is 7.12. The number of nitrogens with one attached hydrogen (secondary N) is 1. The van der Waals surface area contributed by atoms with Crippen molar-refractivity contribution in [3.63, 3.8) is 0 Å². The van der Waals surface area contributed by atoms with Crippen LogP contribution in [0.15, 0.2) is 52.5 Å². The molecule has 7 nitrogen and oxygen atoms in total. The molecule has 0 saturated carbocycles. The van der Waals surface area contributed by atoms with Gasteiger partial charge in [-0.25, -0.2) is 22.9 Å². The van der Waals surface area contributed by atoms with Gasteiger partial charge in [0.15, 0.2) is 5.82 Å². The number of nitrogens with zero attached hydrogens (tertiary/aromatic N) is 1. The average molecular weight is 331 g/mol. The number of halogens is 1. The Labute approximate surface area is 120 Å². The van der Waals surface area contributed by atoms with E-state index < -0.39 is 30.9 Å². The van der Waals surface area contributed by atoms with Crippen molar-refractivity contribution < 1.29 is 21.2 Å². The molecule has 0 fully saturated rings. The molecule has 2 rings (SSSR count). The predicted molar refractivity (Wildman–Crippen MR) is 72.8 cm³/mol. The molecule has 0 unspecified atom stereocenters. The maximum absolute atomic E-state index is 13.4. The van der Waals surface area contributed by atoms with Crippen LogP contribution < -0.4 is 9.86 Å². The van der Waals surface area contributed by atoms with Gasteiger partial charge < -0.3 is 0 Å². The van der Waals surface area contributed by atoms with E-state index in [-0.39, 0.29) is 10.6 Å². The summed E-state index contributed by atoms with van der Waals surface area (Å²) in [6.07, 6.45) is 1.14. The van der Waals surface area contributed by atoms with E-state index >= 15 is 0 Å². The molecule has 10 heteroatoms. The van der Waals surface area contributed by atoms with Gasteiger partial charge in [0.25, 0.3) is 10.0 Å². The van der Waals surface area contributed by atoms with Crippen molar-refractivity contribution in [2.75, 3.05) is 4.72 Å². The molecule has 112 valence electrons. The molecule has 3 N–H and O–H groups in total. The van der Waals surface area contributed by atoms with E-state index in [0.29, 0.717) is 0 Å². The van der Waals surface area contributed by atoms with Crippen LogP contribution in [0.5, 0.6) is 0 Å². The minimum atomic E-state index is -4.21. The minimum Gasteiger partial charge on any atom is -0.278 e. The fourth-order valence-corrected chi connectivity index (χ4v) is 3.07. The van der Waals surface area contributed by atoms with Gasteiger partial charge in [-0.15, -0.1) is 0 Å². The largest absolute Gasteiger partial charge is 0.282 e. The van der Waals surface area contributed by atoms with Crippen molar-refractivity contribution in [1.29, 1.82) is 0 Å². The van der Waals surface area contributed by atoms with Crippen LogP contribution in [0.1, 0.15) is 0 Å². The van der Waals surface area contributed by atoms with Gasteiger partial charge in [-0.1, -0.05) is 0 Å². The molecule has 21 heavy (non-hydrogen) atoms. The molecule has 0 aliphatic carbocycles. The molecule has 1 heterocycles. The van der Waals surface area contributed by atoms with E-state index in [0.717, 1.165) is 24.4 Å². The van der Waals surface area contributed by atoms with Crippen LogP contribution in [-0.4, -0.2) is 21.8 Å². The van der Waals surface area contributed by atoms with Crippen LogP contribution in [0, 0.1) is 5.82 Å². The Balaban J connectivity index is 2.32. The third kappa shape index (κ3) is 3.54. The predicted octanol–water partition coefficient (Wildman–Crippen LogP) is 0.669. The lowest BCUT2D eigenvalue weighted by Gasteiger charge is -2.08. The molecule has 0 aliphatic rings. The van der Waals surface area contributed by atoms with E-state index in [1.807, 2.05) is 0 Å². The summed E-state index contributed by atoms with van der Waals surface area (Å²) in [5, 5.41) is 4.17. The van der Waals surface area contributed by atoms with Gasteiger partial charge in [0, 0.05) is 11.9 Å². The Morgan fingerprint density at radius 1 is 1.05 bits per heavy atom. The zero-order valence-corrected chi connectivity index (χ0v) is 12.0. The van der Waals surface area contributed by atoms with Gasteiger partial charge in [0.2, 0.25) is 15.0 Å². The Hall–Kier alpha value is -2.04. The second-order valence-electron chi connectivity index (χ2n) is 3.97. The zero-order valence-electron chi connectivity index (χ0n) is 10.4. The highest BCUT2D eigenvalue weighted by atomic mass is 32.2. The lowest BCUT2D eigenvalue weighted by Crippen LogP contribution is -2.16. The van der Waals surface area contributed by atoms with Crippen LogP contribution in [0.2, 0.25) is 0 Å². The van der Waals surface area contributed by atoms with Gasteiger partial charge in [0.1, 0.15) is 0 Å². The number of hydrogen-bond donors (Lipinski definition) is 2. The van der Waals surface area contributed by atoms with Crippen LogP contribution in [0.25, 0.3) is 0 Å². The Morgan fingerprint density at radius 2 is 1.67 bits per heavy atom. The molecule has 0 aliphatic heterocycles. The van der Waals surface area contributed by atoms with Crippen molar-refractivity contribution in [3.8, 4) is 0 Å². The minimum absolute atomic E-state index is 0.0486. The second kappa shape index (κ2) is 5.39. The maximum Gasteiger partial charge on any atom is 0.282 e. The Kier molecular flexibility index (Phi) is 3.94. The first-order valence-electron chi connectivity index (χ1n) is 5.46. The normalized spacial score (nSPS) is 12.1. The summed E-state index contributed by atoms with van der Waals surface area (Å²) in [6, 6.07) is 6.86. The molecular weight excluding hydrogens is 321 g/mol. The first-order chi connectivity index (χ1) is 9.70. The molecule has 0 radical (unpaired) electrons. The average Bonchev–Trinajstić information content (AvgIpc) is 2.38. The molecule has 0 spiro atoms. The number of nitrogens with two attached hydrogens (primary N) is 1. The highest BCUT2D eigenvalue weighted by Gasteiger charge is 2.20. The fraction of sp³-hybridized carbons (Fsp3) is 0. The SMILES string of the molecule is NS(=O)(=O)c1ccc(NS(=O)(=O)c2ncccc2F)cc1. The van der Waals surface area contributed by atoms with Crippen LogP contribution in [-0.2, 0) is 20.0 Å². The van der Waals surface area contributed by atoms with Crippen molar-refractivity contribution in [1.82, 2.24) is 4.98 Å². The zero-order chi connectivity index (χ0) is 15.7. The summed E-state index contributed by atoms with van der Waals surface area (Å²) < 4.78 is 61.6. The molecule has 0 atom stereocenters. The number of aromatic nitrogens is 1. The molecule has 0 bridgehead atoms. The van der Waals surface area contributed by atoms with Crippen molar-refractivity contribution in [3.05, 3.63) is 48.4 Å². The topological polar surface area (TPSA) is 119 Å². The third-order valence-electron chi connectivity index (χ3n) is 2.41. The smallest absolute Gasteiger partial charge is 0.278 e. The Bertz CT molecular complexity index is 865. The first-order valence-corrected chi connectivity index (χ1v) is 8.49. The van der Waals surface area contributed by atoms with E-state index in [1.54, 1.807) is 0 Å². The van der Waals surface area contributed by atoms with Gasteiger partial charge in [-0.2, -0.15) is 8.42 Å². The molecule has 1 aromatic heterocycles. The summed E-state index contributed by atoms with van der Waals surface area (Å²) >= 11 is 0. The van der Waals surface area contributed by atoms with Crippen molar-refractivity contribution in [2.24, 2.45) is 5.14 Å². The fourth-order valence-electron chi connectivity index (χ4n) is 1.49. The summed E-state index contributed by atoms with van der Waals surface area (Å²) in [6.45, 7) is 0. The highest BCUT2D eigenvalue weighted by molar-refractivity contribution is 7.92. The number of hydrogen-bond acceptors (Lipinski definition) is 5. The summed E-state index contributed by atoms with van der Waals surface area (Å²) in [5.74, 6) is -0.994. The maximum atomic E-state index is 13.4. The van der Waals surface area contributed by atoms with E-state index in [1.165, 1.54) is 18.2 Å². The number of primary sulfonamides is 1. The van der Waals surface area contributed by atoms with E-state index in [2.05, 4.69) is 9.71 Å². The summed E-state index contributed by atoms with van der Waals surface area (Å²) in [5.41, 5.74) is 0.0486. The van der Waals surface area contributed by atoms with Crippen molar-refractivity contribution >= 4 is 25.7 Å². The van der Waals surface area contributed by atoms with Crippen LogP contribution >= 0.6 is 0 Å². The Morgan fingerprint density at radius 3 is 2.19 bits per heavy atom. The number of anilines is 1. The highest BCUT2D eigenvalue weighted by Crippen LogP contribution is 2.18. The summed E-state index contributed by atoms with van der Waals surface area (Å²) in [7, 11) is -8.08. The molecule has 1 aromatic carbocycles. The van der Waals surface area contributed by atoms with E-state index in [9.17, 15) is 21.2 Å². The van der Waals surface area contributed by atoms with Crippen molar-refractivity contribution in [2.45, 2.75) is 9.92 Å². The monoisotopic (exact) mass is 331 g/mol. The lowest BCUT2D eigenvalue weighted by atomic mass is 10.3. The molecular formula is C11H10FN3O4S2. The van der Waals surface area contributed by atoms with Gasteiger partial charge in [-0.3, -0.25) is 4.72 Å². The first kappa shape index (κ1) is 15.4. The third-order valence-corrected chi connectivity index (χ3v) is 4.66. The molecule has 2 aromatic rings. The van der Waals surface area contributed by atoms with Gasteiger partial charge in [0.05, 0.1) is 4.90 Å². The summed E-state index contributed by atoms with van der Waals surface area (Å²) in [4.78, 5) is 3.29. The number of benzene rings is 1. The standard InChI is InChI=1S/C11H10FN3O4S2/c12-10-2-1-7-14-11(10)21(18,19)15-8-3-5-9(6-4-8)20(13,16)17/h1-7,15H,(H2,13,16,17). The number of sulfonamides is 2. The van der Waals surface area contributed by atoms with Crippen LogP contribution in [0.3, 0.4) is 0 Å². The number of rotatable bonds is 4. The molecule has 0 amide bonds. The van der Waals surface area contributed by atoms with Gasteiger partial charge >= 0.3 is 0 Å².